The molecule has 7 nitrogen and oxygen atoms in total. The Morgan fingerprint density at radius 2 is 2.44 bits per heavy atom. The number of aromatic nitrogens is 1. The van der Waals surface area contributed by atoms with Crippen LogP contribution in [0.1, 0.15) is 0 Å². The van der Waals surface area contributed by atoms with Crippen LogP contribution in [0, 0.1) is 10.1 Å². The van der Waals surface area contributed by atoms with Gasteiger partial charge in [0.2, 0.25) is 5.82 Å². The second kappa shape index (κ2) is 5.94. The quantitative estimate of drug-likeness (QED) is 0.660. The highest BCUT2D eigenvalue weighted by molar-refractivity contribution is 6.30. The molecule has 18 heavy (non-hydrogen) atoms. The molecule has 1 unspecified atom stereocenters. The first kappa shape index (κ1) is 13.0. The summed E-state index contributed by atoms with van der Waals surface area (Å²) in [6.07, 6.45) is 1.23. The molecule has 1 aliphatic heterocycles. The predicted octanol–water partition coefficient (Wildman–Crippen LogP) is 1.47. The summed E-state index contributed by atoms with van der Waals surface area (Å²) in [6, 6.07) is 1.26. The van der Waals surface area contributed by atoms with Gasteiger partial charge in [0.1, 0.15) is 0 Å². The molecule has 0 radical (unpaired) electrons. The number of halogens is 1. The molecule has 1 aromatic rings. The Hall–Kier alpha value is -1.44. The Morgan fingerprint density at radius 3 is 3.11 bits per heavy atom. The molecule has 0 saturated carbocycles. The predicted molar refractivity (Wildman–Crippen MR) is 65.0 cm³/mol. The molecular formula is C10H12ClN3O4. The van der Waals surface area contributed by atoms with Gasteiger partial charge in [0.15, 0.2) is 0 Å². The summed E-state index contributed by atoms with van der Waals surface area (Å²) in [5.41, 5.74) is -0.153. The average Bonchev–Trinajstić information content (AvgIpc) is 2.38. The molecule has 2 heterocycles. The van der Waals surface area contributed by atoms with Gasteiger partial charge in [-0.3, -0.25) is 10.1 Å². The number of nitrogens with one attached hydrogen (secondary N) is 1. The minimum absolute atomic E-state index is 0.129. The average molecular weight is 274 g/mol. The molecule has 1 saturated heterocycles. The number of ether oxygens (including phenoxy) is 2. The standard InChI is InChI=1S/C10H12ClN3O4/c11-7-3-9(14(15)16)10(12-4-7)13-5-8-6-17-1-2-18-8/h3-4,8H,1-2,5-6H2,(H,12,13). The van der Waals surface area contributed by atoms with Gasteiger partial charge in [-0.1, -0.05) is 11.6 Å². The molecule has 0 aliphatic carbocycles. The summed E-state index contributed by atoms with van der Waals surface area (Å²) in [5, 5.41) is 13.9. The number of anilines is 1. The van der Waals surface area contributed by atoms with E-state index in [1.54, 1.807) is 0 Å². The SMILES string of the molecule is O=[N+]([O-])c1cc(Cl)cnc1NCC1COCCO1. The maximum atomic E-state index is 10.8. The van der Waals surface area contributed by atoms with Crippen molar-refractivity contribution in [2.75, 3.05) is 31.7 Å². The molecule has 0 bridgehead atoms. The highest BCUT2D eigenvalue weighted by atomic mass is 35.5. The third-order valence-electron chi connectivity index (χ3n) is 2.41. The van der Waals surface area contributed by atoms with Gasteiger partial charge >= 0.3 is 5.69 Å². The van der Waals surface area contributed by atoms with Crippen molar-refractivity contribution in [3.05, 3.63) is 27.4 Å². The van der Waals surface area contributed by atoms with Crippen LogP contribution in [0.4, 0.5) is 11.5 Å². The third-order valence-corrected chi connectivity index (χ3v) is 2.62. The first-order valence-corrected chi connectivity index (χ1v) is 5.78. The molecule has 1 fully saturated rings. The van der Waals surface area contributed by atoms with Crippen molar-refractivity contribution in [1.82, 2.24) is 4.98 Å². The monoisotopic (exact) mass is 273 g/mol. The number of hydrogen-bond donors (Lipinski definition) is 1. The van der Waals surface area contributed by atoms with Gasteiger partial charge in [-0.05, 0) is 0 Å². The zero-order chi connectivity index (χ0) is 13.0. The van der Waals surface area contributed by atoms with Crippen molar-refractivity contribution in [1.29, 1.82) is 0 Å². The zero-order valence-electron chi connectivity index (χ0n) is 9.47. The third kappa shape index (κ3) is 3.28. The van der Waals surface area contributed by atoms with Crippen LogP contribution >= 0.6 is 11.6 Å². The fourth-order valence-electron chi connectivity index (χ4n) is 1.57. The van der Waals surface area contributed by atoms with Gasteiger partial charge in [0, 0.05) is 18.8 Å². The maximum Gasteiger partial charge on any atom is 0.312 e. The van der Waals surface area contributed by atoms with E-state index < -0.39 is 4.92 Å². The molecule has 1 aromatic heterocycles. The van der Waals surface area contributed by atoms with Crippen molar-refractivity contribution < 1.29 is 14.4 Å². The summed E-state index contributed by atoms with van der Waals surface area (Å²) >= 11 is 5.67. The Labute approximate surface area is 108 Å². The van der Waals surface area contributed by atoms with Crippen LogP contribution in [0.25, 0.3) is 0 Å². The minimum atomic E-state index is -0.528. The van der Waals surface area contributed by atoms with Gasteiger partial charge in [-0.15, -0.1) is 0 Å². The van der Waals surface area contributed by atoms with Gasteiger partial charge in [-0.2, -0.15) is 0 Å². The van der Waals surface area contributed by atoms with Crippen molar-refractivity contribution >= 4 is 23.1 Å². The van der Waals surface area contributed by atoms with E-state index in [0.29, 0.717) is 26.4 Å². The first-order valence-electron chi connectivity index (χ1n) is 5.40. The van der Waals surface area contributed by atoms with E-state index in [0.717, 1.165) is 0 Å². The number of nitrogens with zero attached hydrogens (tertiary/aromatic N) is 2. The lowest BCUT2D eigenvalue weighted by Crippen LogP contribution is -2.34. The van der Waals surface area contributed by atoms with Gasteiger partial charge in [0.05, 0.1) is 35.9 Å². The number of pyridine rings is 1. The van der Waals surface area contributed by atoms with Crippen molar-refractivity contribution in [2.45, 2.75) is 6.10 Å². The van der Waals surface area contributed by atoms with Crippen molar-refractivity contribution in [3.8, 4) is 0 Å². The van der Waals surface area contributed by atoms with Crippen LogP contribution in [-0.4, -0.2) is 42.4 Å². The Balaban J connectivity index is 2.01. The molecule has 1 aliphatic rings. The van der Waals surface area contributed by atoms with Crippen molar-refractivity contribution in [2.24, 2.45) is 0 Å². The summed E-state index contributed by atoms with van der Waals surface area (Å²) in [4.78, 5) is 14.2. The lowest BCUT2D eigenvalue weighted by molar-refractivity contribution is -0.384. The number of hydrogen-bond acceptors (Lipinski definition) is 6. The summed E-state index contributed by atoms with van der Waals surface area (Å²) < 4.78 is 10.6. The maximum absolute atomic E-state index is 10.8. The fourth-order valence-corrected chi connectivity index (χ4v) is 1.72. The molecule has 98 valence electrons. The minimum Gasteiger partial charge on any atom is -0.376 e. The van der Waals surface area contributed by atoms with Crippen LogP contribution in [0.3, 0.4) is 0 Å². The zero-order valence-corrected chi connectivity index (χ0v) is 10.2. The molecule has 0 spiro atoms. The molecule has 0 amide bonds. The van der Waals surface area contributed by atoms with E-state index in [2.05, 4.69) is 10.3 Å². The summed E-state index contributed by atoms with van der Waals surface area (Å²) in [7, 11) is 0. The number of nitro groups is 1. The second-order valence-corrected chi connectivity index (χ2v) is 4.16. The van der Waals surface area contributed by atoms with Crippen LogP contribution in [0.15, 0.2) is 12.3 Å². The highest BCUT2D eigenvalue weighted by Crippen LogP contribution is 2.24. The smallest absolute Gasteiger partial charge is 0.312 e. The van der Waals surface area contributed by atoms with Gasteiger partial charge in [-0.25, -0.2) is 4.98 Å². The van der Waals surface area contributed by atoms with Crippen LogP contribution in [0.5, 0.6) is 0 Å². The molecule has 1 N–H and O–H groups in total. The van der Waals surface area contributed by atoms with E-state index in [9.17, 15) is 10.1 Å². The summed E-state index contributed by atoms with van der Waals surface area (Å²) in [5.74, 6) is 0.179. The van der Waals surface area contributed by atoms with E-state index >= 15 is 0 Å². The van der Waals surface area contributed by atoms with E-state index in [-0.39, 0.29) is 22.6 Å². The highest BCUT2D eigenvalue weighted by Gasteiger charge is 2.19. The Kier molecular flexibility index (Phi) is 4.29. The first-order chi connectivity index (χ1) is 8.66. The van der Waals surface area contributed by atoms with Crippen LogP contribution in [0.2, 0.25) is 5.02 Å². The molecule has 8 heteroatoms. The van der Waals surface area contributed by atoms with Gasteiger partial charge < -0.3 is 14.8 Å². The lowest BCUT2D eigenvalue weighted by Gasteiger charge is -2.23. The van der Waals surface area contributed by atoms with E-state index in [1.807, 2.05) is 0 Å². The molecule has 0 aromatic carbocycles. The van der Waals surface area contributed by atoms with Crippen LogP contribution in [-0.2, 0) is 9.47 Å². The van der Waals surface area contributed by atoms with E-state index in [1.165, 1.54) is 12.3 Å². The number of rotatable bonds is 4. The Bertz CT molecular complexity index is 437. The van der Waals surface area contributed by atoms with Gasteiger partial charge in [0.25, 0.3) is 0 Å². The summed E-state index contributed by atoms with van der Waals surface area (Å²) in [6.45, 7) is 1.97. The topological polar surface area (TPSA) is 86.5 Å². The van der Waals surface area contributed by atoms with E-state index in [4.69, 9.17) is 21.1 Å². The molecule has 2 rings (SSSR count). The molecular weight excluding hydrogens is 262 g/mol. The van der Waals surface area contributed by atoms with Crippen LogP contribution < -0.4 is 5.32 Å². The second-order valence-electron chi connectivity index (χ2n) is 3.73. The van der Waals surface area contributed by atoms with Crippen molar-refractivity contribution in [3.63, 3.8) is 0 Å². The molecule has 1 atom stereocenters. The lowest BCUT2D eigenvalue weighted by atomic mass is 10.3. The normalized spacial score (nSPS) is 19.5. The fraction of sp³-hybridized carbons (Fsp3) is 0.500. The Morgan fingerprint density at radius 1 is 1.61 bits per heavy atom. The largest absolute Gasteiger partial charge is 0.376 e.